The third-order valence-corrected chi connectivity index (χ3v) is 2.92. The van der Waals surface area contributed by atoms with Gasteiger partial charge in [0, 0.05) is 18.1 Å². The summed E-state index contributed by atoms with van der Waals surface area (Å²) in [5.74, 6) is -0.107. The van der Waals surface area contributed by atoms with Gasteiger partial charge in [0.15, 0.2) is 5.82 Å². The van der Waals surface area contributed by atoms with Crippen LogP contribution in [0.3, 0.4) is 0 Å². The van der Waals surface area contributed by atoms with E-state index in [1.54, 1.807) is 30.5 Å². The molecule has 2 heterocycles. The highest BCUT2D eigenvalue weighted by Crippen LogP contribution is 2.22. The quantitative estimate of drug-likeness (QED) is 0.634. The lowest BCUT2D eigenvalue weighted by molar-refractivity contribution is -0.112. The van der Waals surface area contributed by atoms with Crippen LogP contribution in [0.1, 0.15) is 0 Å². The van der Waals surface area contributed by atoms with Crippen molar-refractivity contribution < 1.29 is 14.7 Å². The number of aromatic nitrogens is 2. The second-order valence-corrected chi connectivity index (χ2v) is 4.18. The number of carbonyl (C=O) groups excluding carboxylic acids is 1. The first-order valence-corrected chi connectivity index (χ1v) is 5.86. The number of benzene rings is 1. The molecule has 0 atom stereocenters. The van der Waals surface area contributed by atoms with E-state index in [0.29, 0.717) is 23.0 Å². The van der Waals surface area contributed by atoms with Crippen molar-refractivity contribution in [3.63, 3.8) is 0 Å². The number of fused-ring (bicyclic) bond motifs is 1. The maximum absolute atomic E-state index is 12.0. The number of hydrogen-bond acceptors (Lipinski definition) is 5. The minimum absolute atomic E-state index is 0.223. The number of carboxylic acid groups (broad SMARTS) is 1. The van der Waals surface area contributed by atoms with E-state index in [1.807, 2.05) is 0 Å². The molecule has 0 aliphatic carbocycles. The van der Waals surface area contributed by atoms with Gasteiger partial charge >= 0.3 is 6.09 Å². The molecule has 0 saturated heterocycles. The van der Waals surface area contributed by atoms with Gasteiger partial charge in [-0.25, -0.2) is 10.2 Å². The Bertz CT molecular complexity index is 734. The Hall–Kier alpha value is -2.87. The Kier molecular flexibility index (Phi) is 2.84. The summed E-state index contributed by atoms with van der Waals surface area (Å²) < 4.78 is 0.838. The average Bonchev–Trinajstić information content (AvgIpc) is 3.07. The van der Waals surface area contributed by atoms with Gasteiger partial charge in [-0.15, -0.1) is 5.10 Å². The fourth-order valence-electron chi connectivity index (χ4n) is 1.97. The summed E-state index contributed by atoms with van der Waals surface area (Å²) in [7, 11) is 0. The Morgan fingerprint density at radius 3 is 2.85 bits per heavy atom. The summed E-state index contributed by atoms with van der Waals surface area (Å²) in [5, 5.41) is 16.2. The van der Waals surface area contributed by atoms with E-state index in [2.05, 4.69) is 21.3 Å². The highest BCUT2D eigenvalue weighted by Gasteiger charge is 2.18. The number of anilines is 1. The van der Waals surface area contributed by atoms with Crippen molar-refractivity contribution in [1.82, 2.24) is 20.6 Å². The van der Waals surface area contributed by atoms with Gasteiger partial charge in [0.05, 0.1) is 11.1 Å². The molecular weight excluding hydrogens is 262 g/mol. The van der Waals surface area contributed by atoms with E-state index in [0.717, 1.165) is 4.68 Å². The van der Waals surface area contributed by atoms with E-state index in [4.69, 9.17) is 5.11 Å². The second-order valence-electron chi connectivity index (χ2n) is 4.18. The van der Waals surface area contributed by atoms with Crippen LogP contribution in [0, 0.1) is 0 Å². The molecule has 1 amide bonds. The summed E-state index contributed by atoms with van der Waals surface area (Å²) in [6.07, 6.45) is 0.344. The Labute approximate surface area is 113 Å². The van der Waals surface area contributed by atoms with Crippen LogP contribution in [0.5, 0.6) is 0 Å². The van der Waals surface area contributed by atoms with Crippen molar-refractivity contribution in [1.29, 1.82) is 0 Å². The van der Waals surface area contributed by atoms with Gasteiger partial charge in [0.1, 0.15) is 0 Å². The van der Waals surface area contributed by atoms with Gasteiger partial charge in [0.2, 0.25) is 0 Å². The molecular formula is C12H11N5O3. The number of hydrogen-bond donors (Lipinski definition) is 4. The fraction of sp³-hybridized carbons (Fsp3) is 0.0833. The molecule has 2 aromatic rings. The van der Waals surface area contributed by atoms with Crippen LogP contribution < -0.4 is 16.2 Å². The topological polar surface area (TPSA) is 108 Å². The van der Waals surface area contributed by atoms with E-state index in [-0.39, 0.29) is 11.7 Å². The summed E-state index contributed by atoms with van der Waals surface area (Å²) in [6.45, 7) is 0.392. The van der Waals surface area contributed by atoms with E-state index >= 15 is 0 Å². The van der Waals surface area contributed by atoms with Crippen LogP contribution in [-0.2, 0) is 4.79 Å². The zero-order valence-corrected chi connectivity index (χ0v) is 10.3. The van der Waals surface area contributed by atoms with Crippen LogP contribution in [0.25, 0.3) is 10.9 Å². The molecule has 0 unspecified atom stereocenters. The van der Waals surface area contributed by atoms with Crippen LogP contribution in [0.15, 0.2) is 36.0 Å². The molecule has 20 heavy (non-hydrogen) atoms. The van der Waals surface area contributed by atoms with E-state index in [1.165, 1.54) is 0 Å². The minimum Gasteiger partial charge on any atom is -0.463 e. The summed E-state index contributed by atoms with van der Waals surface area (Å²) in [4.78, 5) is 23.1. The van der Waals surface area contributed by atoms with Gasteiger partial charge in [-0.3, -0.25) is 4.79 Å². The molecule has 3 rings (SSSR count). The predicted octanol–water partition coefficient (Wildman–Crippen LogP) is 0.493. The summed E-state index contributed by atoms with van der Waals surface area (Å²) in [6, 6.07) is 6.80. The van der Waals surface area contributed by atoms with Crippen molar-refractivity contribution in [2.45, 2.75) is 0 Å². The molecule has 0 spiro atoms. The van der Waals surface area contributed by atoms with Gasteiger partial charge in [-0.2, -0.15) is 4.68 Å². The number of para-hydroxylation sites is 1. The molecule has 1 aliphatic rings. The van der Waals surface area contributed by atoms with Crippen LogP contribution in [0.2, 0.25) is 0 Å². The molecule has 8 nitrogen and oxygen atoms in total. The zero-order valence-electron chi connectivity index (χ0n) is 10.3. The number of rotatable bonds is 2. The number of nitrogens with zero attached hydrogens (tertiary/aromatic N) is 2. The third kappa shape index (κ3) is 1.97. The molecule has 0 saturated carbocycles. The van der Waals surface area contributed by atoms with Gasteiger partial charge < -0.3 is 15.8 Å². The maximum Gasteiger partial charge on any atom is 0.432 e. The lowest BCUT2D eigenvalue weighted by Crippen LogP contribution is -2.23. The van der Waals surface area contributed by atoms with Crippen molar-refractivity contribution in [2.75, 3.05) is 11.9 Å². The highest BCUT2D eigenvalue weighted by atomic mass is 16.4. The number of hydrazine groups is 1. The van der Waals surface area contributed by atoms with Crippen LogP contribution in [-0.4, -0.2) is 33.4 Å². The highest BCUT2D eigenvalue weighted by molar-refractivity contribution is 6.08. The minimum atomic E-state index is -1.20. The normalized spacial score (nSPS) is 13.9. The maximum atomic E-state index is 12.0. The fourth-order valence-corrected chi connectivity index (χ4v) is 1.97. The molecule has 0 bridgehead atoms. The van der Waals surface area contributed by atoms with E-state index < -0.39 is 6.09 Å². The van der Waals surface area contributed by atoms with Gasteiger partial charge in [-0.05, 0) is 12.1 Å². The standard InChI is InChI=1S/C12H11N5O3/c18-11(7-5-13-14-6-7)15-10-8-3-1-2-4-9(8)17(16-10)12(19)20/h1-5,13-14H,6H2,(H,19,20)(H,15,16,18). The smallest absolute Gasteiger partial charge is 0.432 e. The SMILES string of the molecule is O=C(Nc1nn(C(=O)O)c2ccccc12)C1=CNNC1. The number of nitrogens with one attached hydrogen (secondary N) is 3. The summed E-state index contributed by atoms with van der Waals surface area (Å²) >= 11 is 0. The molecule has 0 radical (unpaired) electrons. The predicted molar refractivity (Wildman–Crippen MR) is 71.0 cm³/mol. The van der Waals surface area contributed by atoms with Crippen LogP contribution >= 0.6 is 0 Å². The average molecular weight is 273 g/mol. The van der Waals surface area contributed by atoms with Crippen molar-refractivity contribution in [2.24, 2.45) is 0 Å². The molecule has 1 aliphatic heterocycles. The second kappa shape index (κ2) is 4.67. The molecule has 1 aromatic carbocycles. The largest absolute Gasteiger partial charge is 0.463 e. The number of amides is 1. The van der Waals surface area contributed by atoms with Crippen molar-refractivity contribution in [3.05, 3.63) is 36.0 Å². The molecule has 8 heteroatoms. The zero-order chi connectivity index (χ0) is 14.1. The Morgan fingerprint density at radius 1 is 1.35 bits per heavy atom. The van der Waals surface area contributed by atoms with Crippen LogP contribution in [0.4, 0.5) is 10.6 Å². The third-order valence-electron chi connectivity index (χ3n) is 2.92. The monoisotopic (exact) mass is 273 g/mol. The van der Waals surface area contributed by atoms with Crippen molar-refractivity contribution in [3.8, 4) is 0 Å². The first-order chi connectivity index (χ1) is 9.66. The molecule has 1 aromatic heterocycles. The molecule has 4 N–H and O–H groups in total. The first-order valence-electron chi connectivity index (χ1n) is 5.86. The lowest BCUT2D eigenvalue weighted by Gasteiger charge is -2.01. The van der Waals surface area contributed by atoms with Gasteiger partial charge in [0.25, 0.3) is 5.91 Å². The number of carbonyl (C=O) groups is 2. The summed E-state index contributed by atoms with van der Waals surface area (Å²) in [5.41, 5.74) is 6.42. The van der Waals surface area contributed by atoms with E-state index in [9.17, 15) is 9.59 Å². The Balaban J connectivity index is 1.99. The molecule has 102 valence electrons. The first kappa shape index (κ1) is 12.2. The van der Waals surface area contributed by atoms with Crippen molar-refractivity contribution >= 4 is 28.7 Å². The molecule has 0 fully saturated rings. The lowest BCUT2D eigenvalue weighted by atomic mass is 10.2. The Morgan fingerprint density at radius 2 is 2.15 bits per heavy atom. The van der Waals surface area contributed by atoms with Gasteiger partial charge in [-0.1, -0.05) is 12.1 Å².